The fourth-order valence-corrected chi connectivity index (χ4v) is 2.98. The Morgan fingerprint density at radius 3 is 2.48 bits per heavy atom. The average Bonchev–Trinajstić information content (AvgIpc) is 3.22. The van der Waals surface area contributed by atoms with Crippen LogP contribution >= 0.6 is 0 Å². The highest BCUT2D eigenvalue weighted by Crippen LogP contribution is 2.24. The number of hydrogen-bond donors (Lipinski definition) is 1. The third-order valence-electron chi connectivity index (χ3n) is 4.26. The van der Waals surface area contributed by atoms with E-state index in [9.17, 15) is 0 Å². The molecule has 2 heterocycles. The summed E-state index contributed by atoms with van der Waals surface area (Å²) in [6, 6.07) is 19.4. The quantitative estimate of drug-likeness (QED) is 0.540. The van der Waals surface area contributed by atoms with Crippen LogP contribution in [0.5, 0.6) is 0 Å². The number of benzene rings is 2. The van der Waals surface area contributed by atoms with Crippen molar-refractivity contribution < 1.29 is 9.59 Å². The van der Waals surface area contributed by atoms with Gasteiger partial charge in [-0.2, -0.15) is 14.9 Å². The molecule has 0 aliphatic heterocycles. The number of nitriles is 1. The molecule has 2 N–H and O–H groups in total. The monoisotopic (exact) mass is 411 g/mol. The molecule has 4 aromatic rings. The molecule has 0 aliphatic carbocycles. The molecule has 152 valence electrons. The molecule has 0 atom stereocenters. The molecule has 0 aliphatic rings. The summed E-state index contributed by atoms with van der Waals surface area (Å²) in [5, 5.41) is 17.5. The molecule has 0 bridgehead atoms. The van der Waals surface area contributed by atoms with Crippen molar-refractivity contribution >= 4 is 12.1 Å². The van der Waals surface area contributed by atoms with Gasteiger partial charge in [-0.15, -0.1) is 5.10 Å². The van der Waals surface area contributed by atoms with Crippen LogP contribution in [0.25, 0.3) is 22.6 Å². The summed E-state index contributed by atoms with van der Waals surface area (Å²) in [6.45, 7) is 2.68. The summed E-state index contributed by atoms with van der Waals surface area (Å²) in [7, 11) is 0. The lowest BCUT2D eigenvalue weighted by Crippen LogP contribution is -2.00. The van der Waals surface area contributed by atoms with E-state index in [1.807, 2.05) is 24.4 Å². The summed E-state index contributed by atoms with van der Waals surface area (Å²) in [5.74, 6) is 0.142. The minimum atomic E-state index is 0.142. The smallest absolute Gasteiger partial charge is 0.368 e. The number of hydrogen-bond acceptors (Lipinski definition) is 8. The zero-order chi connectivity index (χ0) is 22.2. The van der Waals surface area contributed by atoms with Gasteiger partial charge in [-0.3, -0.25) is 0 Å². The minimum absolute atomic E-state index is 0.142. The van der Waals surface area contributed by atoms with Crippen LogP contribution in [0.3, 0.4) is 0 Å². The largest absolute Gasteiger partial charge is 0.373 e. The van der Waals surface area contributed by atoms with Crippen LogP contribution in [-0.4, -0.2) is 31.1 Å². The summed E-state index contributed by atoms with van der Waals surface area (Å²) in [4.78, 5) is 24.8. The summed E-state index contributed by atoms with van der Waals surface area (Å²) in [6.07, 6.45) is 2.08. The Kier molecular flexibility index (Phi) is 6.58. The number of aromatic nitrogens is 5. The Morgan fingerprint density at radius 2 is 1.74 bits per heavy atom. The standard InChI is InChI=1S/C21H17N7.CO2/c1-14-4-2-6-16(8-14)12-28-13-20(26-27-28)19-10-18(24-21(23)25-19)17-7-3-5-15(9-17)11-22;2-1-3/h2-10,13H,12H2,1H3,(H2,23,24,25);. The third-order valence-corrected chi connectivity index (χ3v) is 4.26. The number of anilines is 1. The van der Waals surface area contributed by atoms with Crippen LogP contribution in [0.1, 0.15) is 16.7 Å². The number of nitrogens with two attached hydrogens (primary N) is 1. The first-order valence-corrected chi connectivity index (χ1v) is 9.13. The van der Waals surface area contributed by atoms with Crippen molar-refractivity contribution in [1.29, 1.82) is 5.26 Å². The summed E-state index contributed by atoms with van der Waals surface area (Å²) in [5.41, 5.74) is 11.4. The molecular weight excluding hydrogens is 394 g/mol. The topological polar surface area (TPSA) is 140 Å². The molecule has 0 spiro atoms. The zero-order valence-electron chi connectivity index (χ0n) is 16.6. The van der Waals surface area contributed by atoms with Crippen LogP contribution in [0, 0.1) is 18.3 Å². The summed E-state index contributed by atoms with van der Waals surface area (Å²) >= 11 is 0. The molecule has 31 heavy (non-hydrogen) atoms. The molecule has 0 fully saturated rings. The van der Waals surface area contributed by atoms with E-state index < -0.39 is 0 Å². The first-order valence-electron chi connectivity index (χ1n) is 9.13. The van der Waals surface area contributed by atoms with Crippen molar-refractivity contribution in [2.24, 2.45) is 0 Å². The minimum Gasteiger partial charge on any atom is -0.368 e. The van der Waals surface area contributed by atoms with Gasteiger partial charge in [-0.05, 0) is 30.7 Å². The fraction of sp³-hybridized carbons (Fsp3) is 0.0909. The molecule has 0 amide bonds. The maximum absolute atomic E-state index is 9.11. The van der Waals surface area contributed by atoms with E-state index in [1.54, 1.807) is 22.9 Å². The van der Waals surface area contributed by atoms with Crippen molar-refractivity contribution in [2.45, 2.75) is 13.5 Å². The predicted octanol–water partition coefficient (Wildman–Crippen LogP) is 2.63. The van der Waals surface area contributed by atoms with Gasteiger partial charge in [0.15, 0.2) is 0 Å². The van der Waals surface area contributed by atoms with Gasteiger partial charge >= 0.3 is 6.15 Å². The lowest BCUT2D eigenvalue weighted by molar-refractivity contribution is -0.191. The first kappa shape index (κ1) is 21.0. The average molecular weight is 411 g/mol. The number of nitrogens with zero attached hydrogens (tertiary/aromatic N) is 6. The van der Waals surface area contributed by atoms with Crippen molar-refractivity contribution in [1.82, 2.24) is 25.0 Å². The van der Waals surface area contributed by atoms with Crippen molar-refractivity contribution in [2.75, 3.05) is 5.73 Å². The maximum Gasteiger partial charge on any atom is 0.373 e. The number of aryl methyl sites for hydroxylation is 1. The highest BCUT2D eigenvalue weighted by molar-refractivity contribution is 5.68. The van der Waals surface area contributed by atoms with Crippen molar-refractivity contribution in [3.05, 3.63) is 77.5 Å². The Hall–Kier alpha value is -4.67. The molecular formula is C22H17N7O2. The van der Waals surface area contributed by atoms with Crippen LogP contribution in [0.2, 0.25) is 0 Å². The molecule has 0 unspecified atom stereocenters. The summed E-state index contributed by atoms with van der Waals surface area (Å²) < 4.78 is 1.76. The SMILES string of the molecule is Cc1cccc(Cn2cc(-c3cc(-c4cccc(C#N)c4)nc(N)n3)nn2)c1.O=C=O. The van der Waals surface area contributed by atoms with Crippen LogP contribution in [0.4, 0.5) is 5.95 Å². The Bertz CT molecular complexity index is 1290. The second-order valence-corrected chi connectivity index (χ2v) is 6.56. The normalized spacial score (nSPS) is 9.81. The molecule has 0 saturated heterocycles. The van der Waals surface area contributed by atoms with Gasteiger partial charge in [0.05, 0.1) is 35.8 Å². The van der Waals surface area contributed by atoms with Gasteiger partial charge in [0.1, 0.15) is 5.69 Å². The van der Waals surface area contributed by atoms with Gasteiger partial charge in [-0.1, -0.05) is 47.2 Å². The number of rotatable bonds is 4. The van der Waals surface area contributed by atoms with Gasteiger partial charge in [0.25, 0.3) is 0 Å². The van der Waals surface area contributed by atoms with Gasteiger partial charge < -0.3 is 5.73 Å². The highest BCUT2D eigenvalue weighted by Gasteiger charge is 2.11. The maximum atomic E-state index is 9.11. The Morgan fingerprint density at radius 1 is 1.00 bits per heavy atom. The van der Waals surface area contributed by atoms with Crippen LogP contribution < -0.4 is 5.73 Å². The van der Waals surface area contributed by atoms with E-state index in [0.29, 0.717) is 29.2 Å². The molecule has 2 aromatic carbocycles. The van der Waals surface area contributed by atoms with Crippen LogP contribution in [-0.2, 0) is 16.1 Å². The van der Waals surface area contributed by atoms with Crippen LogP contribution in [0.15, 0.2) is 60.8 Å². The lowest BCUT2D eigenvalue weighted by atomic mass is 10.1. The third kappa shape index (κ3) is 5.44. The van der Waals surface area contributed by atoms with Crippen molar-refractivity contribution in [3.63, 3.8) is 0 Å². The fourth-order valence-electron chi connectivity index (χ4n) is 2.98. The molecule has 9 heteroatoms. The van der Waals surface area contributed by atoms with Gasteiger partial charge in [0, 0.05) is 5.56 Å². The Labute approximate surface area is 177 Å². The van der Waals surface area contributed by atoms with Crippen molar-refractivity contribution in [3.8, 4) is 28.7 Å². The molecule has 0 radical (unpaired) electrons. The van der Waals surface area contributed by atoms with E-state index in [-0.39, 0.29) is 12.1 Å². The highest BCUT2D eigenvalue weighted by atomic mass is 16.2. The second-order valence-electron chi connectivity index (χ2n) is 6.56. The van der Waals surface area contributed by atoms with E-state index in [4.69, 9.17) is 20.6 Å². The molecule has 9 nitrogen and oxygen atoms in total. The molecule has 0 saturated carbocycles. The molecule has 2 aromatic heterocycles. The van der Waals surface area contributed by atoms with E-state index in [2.05, 4.69) is 51.5 Å². The lowest BCUT2D eigenvalue weighted by Gasteiger charge is -2.05. The predicted molar refractivity (Wildman–Crippen MR) is 111 cm³/mol. The second kappa shape index (κ2) is 9.69. The van der Waals surface area contributed by atoms with Gasteiger partial charge in [0.2, 0.25) is 5.95 Å². The Balaban J connectivity index is 0.000000858. The molecule has 4 rings (SSSR count). The zero-order valence-corrected chi connectivity index (χ0v) is 16.6. The van der Waals surface area contributed by atoms with Gasteiger partial charge in [-0.25, -0.2) is 14.6 Å². The first-order chi connectivity index (χ1) is 15.0. The van der Waals surface area contributed by atoms with E-state index in [1.165, 1.54) is 5.56 Å². The number of nitrogen functional groups attached to an aromatic ring is 1. The number of carbonyl (C=O) groups excluding carboxylic acids is 2. The van der Waals surface area contributed by atoms with E-state index >= 15 is 0 Å². The van der Waals surface area contributed by atoms with E-state index in [0.717, 1.165) is 11.1 Å².